The minimum Gasteiger partial charge on any atom is -0.508 e. The monoisotopic (exact) mass is 448 g/mol. The number of hydrogen-bond donors (Lipinski definition) is 2. The summed E-state index contributed by atoms with van der Waals surface area (Å²) in [5, 5.41) is 9.56. The molecule has 31 heavy (non-hydrogen) atoms. The van der Waals surface area contributed by atoms with Gasteiger partial charge in [-0.1, -0.05) is 89.3 Å². The zero-order chi connectivity index (χ0) is 22.5. The number of para-hydroxylation sites is 1. The highest BCUT2D eigenvalue weighted by molar-refractivity contribution is 7.86. The molecule has 0 unspecified atom stereocenters. The predicted octanol–water partition coefficient (Wildman–Crippen LogP) is 7.28. The van der Waals surface area contributed by atoms with Gasteiger partial charge in [0.1, 0.15) is 22.1 Å². The van der Waals surface area contributed by atoms with E-state index in [2.05, 4.69) is 6.92 Å². The highest BCUT2D eigenvalue weighted by Crippen LogP contribution is 2.33. The number of phenolic OH excluding ortho intramolecular Hbond substituents is 1. The maximum absolute atomic E-state index is 11.6. The van der Waals surface area contributed by atoms with Crippen LogP contribution in [0.5, 0.6) is 17.2 Å². The Morgan fingerprint density at radius 2 is 1.35 bits per heavy atom. The van der Waals surface area contributed by atoms with Crippen molar-refractivity contribution in [3.63, 3.8) is 0 Å². The first-order valence-corrected chi connectivity index (χ1v) is 12.9. The minimum absolute atomic E-state index is 0.00770. The summed E-state index contributed by atoms with van der Waals surface area (Å²) in [5.74, 6) is 0.297. The highest BCUT2D eigenvalue weighted by atomic mass is 32.2. The largest absolute Gasteiger partial charge is 0.508 e. The van der Waals surface area contributed by atoms with E-state index in [1.165, 1.54) is 69.9 Å². The summed E-state index contributed by atoms with van der Waals surface area (Å²) in [7, 11) is -4.51. The Morgan fingerprint density at radius 3 is 1.97 bits per heavy atom. The fraction of sp³-hybridized carbons (Fsp3) is 0.520. The summed E-state index contributed by atoms with van der Waals surface area (Å²) in [5.41, 5.74) is 0.993. The molecule has 0 aromatic heterocycles. The lowest BCUT2D eigenvalue weighted by molar-refractivity contribution is 0.435. The summed E-state index contributed by atoms with van der Waals surface area (Å²) in [6.45, 7) is 2.24. The Hall–Kier alpha value is -2.05. The van der Waals surface area contributed by atoms with Gasteiger partial charge in [-0.05, 0) is 36.6 Å². The zero-order valence-corrected chi connectivity index (χ0v) is 19.4. The van der Waals surface area contributed by atoms with Crippen molar-refractivity contribution in [3.8, 4) is 17.2 Å². The van der Waals surface area contributed by atoms with E-state index in [1.807, 2.05) is 18.2 Å². The molecule has 6 heteroatoms. The number of aryl methyl sites for hydroxylation is 1. The van der Waals surface area contributed by atoms with Crippen LogP contribution in [0.1, 0.15) is 83.1 Å². The normalized spacial score (nSPS) is 11.5. The third-order valence-electron chi connectivity index (χ3n) is 5.45. The lowest BCUT2D eigenvalue weighted by Crippen LogP contribution is -2.02. The van der Waals surface area contributed by atoms with Gasteiger partial charge in [-0.25, -0.2) is 0 Å². The van der Waals surface area contributed by atoms with E-state index in [0.29, 0.717) is 5.75 Å². The zero-order valence-electron chi connectivity index (χ0n) is 18.6. The Morgan fingerprint density at radius 1 is 0.774 bits per heavy atom. The molecule has 0 saturated heterocycles. The topological polar surface area (TPSA) is 83.8 Å². The van der Waals surface area contributed by atoms with Gasteiger partial charge in [0.15, 0.2) is 0 Å². The van der Waals surface area contributed by atoms with Crippen LogP contribution in [0, 0.1) is 0 Å². The molecule has 0 saturated carbocycles. The Bertz CT molecular complexity index is 893. The first-order valence-electron chi connectivity index (χ1n) is 11.5. The van der Waals surface area contributed by atoms with Gasteiger partial charge in [-0.3, -0.25) is 4.55 Å². The molecule has 2 rings (SSSR count). The molecule has 0 aliphatic carbocycles. The molecule has 0 heterocycles. The molecule has 0 atom stereocenters. The minimum atomic E-state index is -4.51. The molecule has 172 valence electrons. The maximum atomic E-state index is 11.6. The molecule has 0 spiro atoms. The van der Waals surface area contributed by atoms with Gasteiger partial charge in [-0.2, -0.15) is 8.42 Å². The molecule has 2 aromatic rings. The molecule has 2 N–H and O–H groups in total. The second kappa shape index (κ2) is 13.4. The molecule has 0 aliphatic rings. The van der Waals surface area contributed by atoms with E-state index in [0.717, 1.165) is 30.9 Å². The fourth-order valence-electron chi connectivity index (χ4n) is 3.69. The molecule has 0 bridgehead atoms. The van der Waals surface area contributed by atoms with E-state index in [-0.39, 0.29) is 11.5 Å². The summed E-state index contributed by atoms with van der Waals surface area (Å²) >= 11 is 0. The second-order valence-corrected chi connectivity index (χ2v) is 9.49. The fourth-order valence-corrected chi connectivity index (χ4v) is 4.32. The van der Waals surface area contributed by atoms with Crippen molar-refractivity contribution < 1.29 is 22.8 Å². The summed E-state index contributed by atoms with van der Waals surface area (Å²) in [6.07, 6.45) is 14.9. The third-order valence-corrected chi connectivity index (χ3v) is 6.32. The SMILES string of the molecule is CCCCCCCCCCCCCc1ccccc1Oc1ccc(O)cc1S(=O)(=O)O. The Balaban J connectivity index is 1.81. The van der Waals surface area contributed by atoms with E-state index in [1.54, 1.807) is 6.07 Å². The molecule has 2 aromatic carbocycles. The lowest BCUT2D eigenvalue weighted by Gasteiger charge is -2.13. The molecule has 0 amide bonds. The number of phenols is 1. The summed E-state index contributed by atoms with van der Waals surface area (Å²) in [4.78, 5) is -0.447. The van der Waals surface area contributed by atoms with E-state index in [4.69, 9.17) is 4.74 Å². The van der Waals surface area contributed by atoms with Gasteiger partial charge >= 0.3 is 0 Å². The average Bonchev–Trinajstić information content (AvgIpc) is 2.73. The Labute approximate surface area is 187 Å². The second-order valence-electron chi connectivity index (χ2n) is 8.10. The average molecular weight is 449 g/mol. The van der Waals surface area contributed by atoms with Crippen molar-refractivity contribution in [2.24, 2.45) is 0 Å². The molecule has 0 fully saturated rings. The van der Waals surface area contributed by atoms with Gasteiger partial charge in [0.05, 0.1) is 0 Å². The van der Waals surface area contributed by atoms with Crippen LogP contribution in [0.25, 0.3) is 0 Å². The van der Waals surface area contributed by atoms with Crippen LogP contribution in [0.4, 0.5) is 0 Å². The van der Waals surface area contributed by atoms with Crippen molar-refractivity contribution in [3.05, 3.63) is 48.0 Å². The smallest absolute Gasteiger partial charge is 0.298 e. The van der Waals surface area contributed by atoms with Crippen LogP contribution in [-0.4, -0.2) is 18.1 Å². The first-order chi connectivity index (χ1) is 14.9. The molecule has 0 radical (unpaired) electrons. The highest BCUT2D eigenvalue weighted by Gasteiger charge is 2.19. The number of unbranched alkanes of at least 4 members (excludes halogenated alkanes) is 10. The van der Waals surface area contributed by atoms with Crippen LogP contribution < -0.4 is 4.74 Å². The van der Waals surface area contributed by atoms with Crippen molar-refractivity contribution in [1.29, 1.82) is 0 Å². The van der Waals surface area contributed by atoms with Crippen LogP contribution in [-0.2, 0) is 16.5 Å². The maximum Gasteiger partial charge on any atom is 0.298 e. The van der Waals surface area contributed by atoms with Crippen molar-refractivity contribution >= 4 is 10.1 Å². The third kappa shape index (κ3) is 9.32. The standard InChI is InChI=1S/C25H36O5S/c1-2-3-4-5-6-7-8-9-10-11-12-15-21-16-13-14-17-23(21)30-24-19-18-22(26)20-25(24)31(27,28)29/h13-14,16-20,26H,2-12,15H2,1H3,(H,27,28,29). The van der Waals surface area contributed by atoms with Crippen molar-refractivity contribution in [2.75, 3.05) is 0 Å². The van der Waals surface area contributed by atoms with Crippen LogP contribution >= 0.6 is 0 Å². The van der Waals surface area contributed by atoms with Gasteiger partial charge in [0.25, 0.3) is 10.1 Å². The first kappa shape index (κ1) is 25.2. The number of aromatic hydroxyl groups is 1. The summed E-state index contributed by atoms with van der Waals surface area (Å²) < 4.78 is 38.5. The van der Waals surface area contributed by atoms with Gasteiger partial charge < -0.3 is 9.84 Å². The van der Waals surface area contributed by atoms with Crippen LogP contribution in [0.2, 0.25) is 0 Å². The van der Waals surface area contributed by atoms with E-state index >= 15 is 0 Å². The van der Waals surface area contributed by atoms with Gasteiger partial charge in [0, 0.05) is 6.07 Å². The quantitative estimate of drug-likeness (QED) is 0.221. The van der Waals surface area contributed by atoms with Gasteiger partial charge in [-0.15, -0.1) is 0 Å². The van der Waals surface area contributed by atoms with Crippen LogP contribution in [0.15, 0.2) is 47.4 Å². The number of rotatable bonds is 15. The molecular formula is C25H36O5S. The van der Waals surface area contributed by atoms with Crippen molar-refractivity contribution in [1.82, 2.24) is 0 Å². The van der Waals surface area contributed by atoms with E-state index < -0.39 is 15.0 Å². The summed E-state index contributed by atoms with van der Waals surface area (Å²) in [6, 6.07) is 11.2. The van der Waals surface area contributed by atoms with E-state index in [9.17, 15) is 18.1 Å². The molecular weight excluding hydrogens is 412 g/mol. The lowest BCUT2D eigenvalue weighted by atomic mass is 10.0. The number of ether oxygens (including phenoxy) is 1. The predicted molar refractivity (Wildman–Crippen MR) is 125 cm³/mol. The van der Waals surface area contributed by atoms with Crippen LogP contribution in [0.3, 0.4) is 0 Å². The molecule has 0 aliphatic heterocycles. The van der Waals surface area contributed by atoms with Gasteiger partial charge in [0.2, 0.25) is 0 Å². The Kier molecular flexibility index (Phi) is 10.9. The molecule has 5 nitrogen and oxygen atoms in total. The number of benzene rings is 2. The van der Waals surface area contributed by atoms with Crippen molar-refractivity contribution in [2.45, 2.75) is 88.9 Å². The number of hydrogen-bond acceptors (Lipinski definition) is 4.